The fourth-order valence-corrected chi connectivity index (χ4v) is 7.49. The first-order valence-electron chi connectivity index (χ1n) is 16.3. The second-order valence-corrected chi connectivity index (χ2v) is 18.5. The molecule has 0 saturated carbocycles. The van der Waals surface area contributed by atoms with Crippen LogP contribution < -0.4 is 15.0 Å². The van der Waals surface area contributed by atoms with E-state index in [4.69, 9.17) is 23.4 Å². The number of fused-ring (bicyclic) bond motifs is 1. The third-order valence-electron chi connectivity index (χ3n) is 9.80. The molecule has 0 aliphatic carbocycles. The predicted octanol–water partition coefficient (Wildman–Crippen LogP) is 7.20. The van der Waals surface area contributed by atoms with Crippen molar-refractivity contribution in [2.45, 2.75) is 69.4 Å². The topological polar surface area (TPSA) is 85.5 Å². The standard InChI is InChI=1S/C38H45N3O6Si/c1-37(2,3)48(6,7)47-33-25-32(46-35(33)41-23-21-34(42)40-24-22-39-36(40)41)26-45-38(27-11-9-8-10-12-27,28-13-17-30(43-4)18-14-28)29-15-19-31(44-5)20-16-29/h8-24,32-33,35H,25-26H2,1-7H3/t32-,33-,35-/m1/s1. The Balaban J connectivity index is 1.41. The highest BCUT2D eigenvalue weighted by atomic mass is 28.4. The van der Waals surface area contributed by atoms with Crippen LogP contribution in [0.15, 0.2) is 108 Å². The lowest BCUT2D eigenvalue weighted by Crippen LogP contribution is -2.45. The second kappa shape index (κ2) is 13.4. The van der Waals surface area contributed by atoms with Gasteiger partial charge in [-0.1, -0.05) is 75.4 Å². The monoisotopic (exact) mass is 667 g/mol. The van der Waals surface area contributed by atoms with Crippen molar-refractivity contribution >= 4 is 14.1 Å². The molecule has 1 aliphatic rings. The minimum Gasteiger partial charge on any atom is -0.497 e. The molecule has 2 aromatic heterocycles. The Kier molecular flexibility index (Phi) is 9.37. The SMILES string of the molecule is COc1ccc(C(OC[C@H]2C[C@@H](O[Si](C)(C)C(C)(C)C)[C@H](n3ccc(=O)n4ccnc34)O2)(c2ccccc2)c2ccc(OC)cc2)cc1. The van der Waals surface area contributed by atoms with E-state index in [1.165, 1.54) is 4.40 Å². The Morgan fingerprint density at radius 2 is 1.42 bits per heavy atom. The molecule has 0 unspecified atom stereocenters. The number of rotatable bonds is 11. The summed E-state index contributed by atoms with van der Waals surface area (Å²) in [5, 5.41) is -0.0104. The number of hydrogen-bond donors (Lipinski definition) is 0. The lowest BCUT2D eigenvalue weighted by atomic mass is 9.80. The van der Waals surface area contributed by atoms with E-state index < -0.39 is 20.1 Å². The van der Waals surface area contributed by atoms with Gasteiger partial charge in [0, 0.05) is 31.1 Å². The molecule has 0 amide bonds. The van der Waals surface area contributed by atoms with Crippen LogP contribution in [-0.4, -0.2) is 55.3 Å². The van der Waals surface area contributed by atoms with Crippen molar-refractivity contribution in [3.63, 3.8) is 0 Å². The minimum atomic E-state index is -2.22. The van der Waals surface area contributed by atoms with Crippen LogP contribution in [-0.2, 0) is 19.5 Å². The molecule has 0 N–H and O–H groups in total. The summed E-state index contributed by atoms with van der Waals surface area (Å²) < 4.78 is 35.6. The number of methoxy groups -OCH3 is 2. The van der Waals surface area contributed by atoms with Crippen LogP contribution >= 0.6 is 0 Å². The molecule has 0 spiro atoms. The van der Waals surface area contributed by atoms with E-state index in [0.29, 0.717) is 12.2 Å². The molecule has 0 radical (unpaired) electrons. The van der Waals surface area contributed by atoms with Crippen molar-refractivity contribution in [1.82, 2.24) is 14.0 Å². The first kappa shape index (κ1) is 33.7. The molecule has 3 heterocycles. The van der Waals surface area contributed by atoms with E-state index in [-0.39, 0.29) is 29.4 Å². The van der Waals surface area contributed by atoms with E-state index in [2.05, 4.69) is 51.0 Å². The predicted molar refractivity (Wildman–Crippen MR) is 188 cm³/mol. The summed E-state index contributed by atoms with van der Waals surface area (Å²) in [6.07, 6.45) is 4.55. The van der Waals surface area contributed by atoms with Gasteiger partial charge in [-0.05, 0) is 59.1 Å². The van der Waals surface area contributed by atoms with Gasteiger partial charge in [0.15, 0.2) is 14.5 Å². The lowest BCUT2D eigenvalue weighted by Gasteiger charge is -2.39. The quantitative estimate of drug-likeness (QED) is 0.109. The molecule has 48 heavy (non-hydrogen) atoms. The normalized spacial score (nSPS) is 18.7. The average molecular weight is 668 g/mol. The van der Waals surface area contributed by atoms with Gasteiger partial charge in [-0.15, -0.1) is 0 Å². The fraction of sp³-hybridized carbons (Fsp3) is 0.368. The molecule has 1 aliphatic heterocycles. The van der Waals surface area contributed by atoms with Gasteiger partial charge in [0.25, 0.3) is 5.56 Å². The Morgan fingerprint density at radius 3 is 1.98 bits per heavy atom. The van der Waals surface area contributed by atoms with E-state index in [1.54, 1.807) is 38.9 Å². The maximum Gasteiger partial charge on any atom is 0.258 e. The number of benzene rings is 3. The molecule has 252 valence electrons. The highest BCUT2D eigenvalue weighted by Crippen LogP contribution is 2.45. The Morgan fingerprint density at radius 1 is 0.833 bits per heavy atom. The van der Waals surface area contributed by atoms with Crippen LogP contribution in [0.5, 0.6) is 11.5 Å². The third kappa shape index (κ3) is 6.33. The second-order valence-electron chi connectivity index (χ2n) is 13.8. The van der Waals surface area contributed by atoms with Gasteiger partial charge in [-0.3, -0.25) is 13.8 Å². The Hall–Kier alpha value is -4.22. The van der Waals surface area contributed by atoms with Crippen LogP contribution in [0.25, 0.3) is 5.78 Å². The van der Waals surface area contributed by atoms with Gasteiger partial charge in [0.1, 0.15) is 17.1 Å². The van der Waals surface area contributed by atoms with Crippen LogP contribution in [0.2, 0.25) is 18.1 Å². The summed E-state index contributed by atoms with van der Waals surface area (Å²) in [5.74, 6) is 2.02. The molecule has 1 saturated heterocycles. The molecule has 5 aromatic rings. The number of hydrogen-bond acceptors (Lipinski definition) is 7. The summed E-state index contributed by atoms with van der Waals surface area (Å²) in [4.78, 5) is 17.1. The maximum atomic E-state index is 12.6. The fourth-order valence-electron chi connectivity index (χ4n) is 6.17. The molecule has 0 bridgehead atoms. The summed E-state index contributed by atoms with van der Waals surface area (Å²) in [7, 11) is 1.11. The van der Waals surface area contributed by atoms with E-state index in [1.807, 2.05) is 71.3 Å². The Bertz CT molecular complexity index is 1830. The highest BCUT2D eigenvalue weighted by Gasteiger charge is 2.47. The van der Waals surface area contributed by atoms with Crippen molar-refractivity contribution in [2.24, 2.45) is 0 Å². The van der Waals surface area contributed by atoms with Crippen LogP contribution in [0.4, 0.5) is 0 Å². The van der Waals surface area contributed by atoms with Crippen molar-refractivity contribution in [3.8, 4) is 11.5 Å². The first-order valence-corrected chi connectivity index (χ1v) is 19.2. The van der Waals surface area contributed by atoms with Gasteiger partial charge in [-0.25, -0.2) is 4.98 Å². The van der Waals surface area contributed by atoms with Crippen LogP contribution in [0.1, 0.15) is 50.1 Å². The average Bonchev–Trinajstić information content (AvgIpc) is 3.74. The molecule has 6 rings (SSSR count). The minimum absolute atomic E-state index is 0.0104. The Labute approximate surface area is 283 Å². The van der Waals surface area contributed by atoms with Crippen LogP contribution in [0.3, 0.4) is 0 Å². The zero-order valence-electron chi connectivity index (χ0n) is 28.8. The van der Waals surface area contributed by atoms with Crippen molar-refractivity contribution in [2.75, 3.05) is 20.8 Å². The number of nitrogens with zero attached hydrogens (tertiary/aromatic N) is 3. The molecular formula is C38H45N3O6Si. The molecule has 9 nitrogen and oxygen atoms in total. The van der Waals surface area contributed by atoms with E-state index >= 15 is 0 Å². The van der Waals surface area contributed by atoms with Crippen LogP contribution in [0, 0.1) is 0 Å². The van der Waals surface area contributed by atoms with Gasteiger partial charge < -0.3 is 23.4 Å². The first-order chi connectivity index (χ1) is 23.0. The highest BCUT2D eigenvalue weighted by molar-refractivity contribution is 6.74. The summed E-state index contributed by atoms with van der Waals surface area (Å²) >= 11 is 0. The summed E-state index contributed by atoms with van der Waals surface area (Å²) in [5.41, 5.74) is 1.74. The molecule has 3 atom stereocenters. The number of ether oxygens (including phenoxy) is 4. The smallest absolute Gasteiger partial charge is 0.258 e. The number of imidazole rings is 1. The van der Waals surface area contributed by atoms with Crippen molar-refractivity contribution < 1.29 is 23.4 Å². The van der Waals surface area contributed by atoms with Gasteiger partial charge in [-0.2, -0.15) is 0 Å². The number of aromatic nitrogens is 3. The molecule has 10 heteroatoms. The third-order valence-corrected chi connectivity index (χ3v) is 14.3. The maximum absolute atomic E-state index is 12.6. The van der Waals surface area contributed by atoms with Gasteiger partial charge in [0.2, 0.25) is 5.78 Å². The molecular weight excluding hydrogens is 623 g/mol. The molecule has 1 fully saturated rings. The lowest BCUT2D eigenvalue weighted by molar-refractivity contribution is -0.0844. The summed E-state index contributed by atoms with van der Waals surface area (Å²) in [6.45, 7) is 11.5. The van der Waals surface area contributed by atoms with E-state index in [9.17, 15) is 4.79 Å². The molecule has 3 aromatic carbocycles. The largest absolute Gasteiger partial charge is 0.497 e. The zero-order valence-corrected chi connectivity index (χ0v) is 29.8. The summed E-state index contributed by atoms with van der Waals surface area (Å²) in [6, 6.07) is 27.8. The van der Waals surface area contributed by atoms with Crippen molar-refractivity contribution in [1.29, 1.82) is 0 Å². The van der Waals surface area contributed by atoms with E-state index in [0.717, 1.165) is 28.2 Å². The zero-order chi connectivity index (χ0) is 34.1. The van der Waals surface area contributed by atoms with Gasteiger partial charge >= 0.3 is 0 Å². The van der Waals surface area contributed by atoms with Gasteiger partial charge in [0.05, 0.1) is 33.0 Å². The van der Waals surface area contributed by atoms with Crippen molar-refractivity contribution in [3.05, 3.63) is 131 Å².